The summed E-state index contributed by atoms with van der Waals surface area (Å²) < 4.78 is 0. The average Bonchev–Trinajstić information content (AvgIpc) is 2.80. The highest BCUT2D eigenvalue weighted by molar-refractivity contribution is 7.99. The highest BCUT2D eigenvalue weighted by atomic mass is 32.2. The Labute approximate surface area is 197 Å². The van der Waals surface area contributed by atoms with Gasteiger partial charge in [-0.2, -0.15) is 10.5 Å². The topological polar surface area (TPSA) is 128 Å². The molecule has 33 heavy (non-hydrogen) atoms. The van der Waals surface area contributed by atoms with E-state index in [-0.39, 0.29) is 29.3 Å². The Bertz CT molecular complexity index is 1240. The number of hydrogen-bond donors (Lipinski definition) is 2. The highest BCUT2D eigenvalue weighted by Crippen LogP contribution is 2.36. The minimum Gasteiger partial charge on any atom is -0.383 e. The molecule has 0 radical (unpaired) electrons. The Morgan fingerprint density at radius 2 is 1.82 bits per heavy atom. The fraction of sp³-hybridized carbons (Fsp3) is 0.240. The van der Waals surface area contributed by atoms with E-state index in [2.05, 4.69) is 41.3 Å². The van der Waals surface area contributed by atoms with Gasteiger partial charge in [0.25, 0.3) is 0 Å². The van der Waals surface area contributed by atoms with Crippen LogP contribution < -0.4 is 11.1 Å². The smallest absolute Gasteiger partial charge is 0.226 e. The van der Waals surface area contributed by atoms with Crippen LogP contribution in [0.1, 0.15) is 48.4 Å². The average molecular weight is 457 g/mol. The van der Waals surface area contributed by atoms with Crippen LogP contribution in [0.25, 0.3) is 11.1 Å². The number of benzene rings is 1. The Morgan fingerprint density at radius 3 is 2.39 bits per heavy atom. The molecular formula is C25H24N6OS. The van der Waals surface area contributed by atoms with Crippen molar-refractivity contribution in [2.24, 2.45) is 0 Å². The van der Waals surface area contributed by atoms with Gasteiger partial charge in [0.2, 0.25) is 5.91 Å². The Hall–Kier alpha value is -3.88. The van der Waals surface area contributed by atoms with E-state index >= 15 is 0 Å². The van der Waals surface area contributed by atoms with Crippen LogP contribution in [0, 0.1) is 29.6 Å². The monoisotopic (exact) mass is 456 g/mol. The fourth-order valence-corrected chi connectivity index (χ4v) is 4.15. The molecule has 0 spiro atoms. The van der Waals surface area contributed by atoms with Crippen LogP contribution in [0.3, 0.4) is 0 Å². The van der Waals surface area contributed by atoms with Gasteiger partial charge in [-0.25, -0.2) is 9.97 Å². The number of carbonyl (C=O) groups excluding carboxylic acids is 1. The maximum Gasteiger partial charge on any atom is 0.226 e. The zero-order valence-electron chi connectivity index (χ0n) is 18.7. The lowest BCUT2D eigenvalue weighted by Crippen LogP contribution is -2.13. The number of nitrogens with one attached hydrogen (secondary N) is 1. The van der Waals surface area contributed by atoms with Crippen molar-refractivity contribution in [1.82, 2.24) is 9.97 Å². The number of rotatable bonds is 7. The number of aryl methyl sites for hydroxylation is 1. The van der Waals surface area contributed by atoms with Gasteiger partial charge in [-0.1, -0.05) is 44.2 Å². The first-order chi connectivity index (χ1) is 15.8. The second-order valence-electron chi connectivity index (χ2n) is 7.79. The molecule has 1 aromatic carbocycles. The van der Waals surface area contributed by atoms with Crippen molar-refractivity contribution in [2.45, 2.75) is 38.1 Å². The van der Waals surface area contributed by atoms with Gasteiger partial charge in [0.05, 0.1) is 5.56 Å². The molecule has 0 aliphatic carbocycles. The van der Waals surface area contributed by atoms with E-state index in [4.69, 9.17) is 5.73 Å². The number of aromatic nitrogens is 2. The predicted octanol–water partition coefficient (Wildman–Crippen LogP) is 5.02. The first-order valence-corrected chi connectivity index (χ1v) is 11.4. The first-order valence-electron chi connectivity index (χ1n) is 10.4. The molecule has 0 fully saturated rings. The number of hydrogen-bond acceptors (Lipinski definition) is 7. The normalized spacial score (nSPS) is 10.5. The summed E-state index contributed by atoms with van der Waals surface area (Å²) in [4.78, 5) is 20.7. The van der Waals surface area contributed by atoms with Gasteiger partial charge in [0.1, 0.15) is 34.4 Å². The maximum atomic E-state index is 12.3. The summed E-state index contributed by atoms with van der Waals surface area (Å²) in [7, 11) is 0. The van der Waals surface area contributed by atoms with E-state index in [0.717, 1.165) is 16.7 Å². The van der Waals surface area contributed by atoms with E-state index in [1.165, 1.54) is 11.8 Å². The standard InChI is InChI=1S/C25H24N6OS/c1-15(2)17-5-7-18(8-6-17)23-19(12-26)24(28)31-25(20(23)13-27)33-11-10-22(32)30-21-9-4-16(3)14-29-21/h4-9,14-15H,10-11H2,1-3H3,(H2,28,31)(H,29,30,32). The van der Waals surface area contributed by atoms with Crippen LogP contribution in [-0.2, 0) is 4.79 Å². The molecule has 0 aliphatic rings. The number of carbonyl (C=O) groups is 1. The molecule has 3 N–H and O–H groups in total. The maximum absolute atomic E-state index is 12.3. The quantitative estimate of drug-likeness (QED) is 0.477. The molecule has 7 nitrogen and oxygen atoms in total. The molecule has 0 atom stereocenters. The lowest BCUT2D eigenvalue weighted by Gasteiger charge is -2.14. The summed E-state index contributed by atoms with van der Waals surface area (Å²) in [6.07, 6.45) is 1.88. The number of pyridine rings is 2. The second-order valence-corrected chi connectivity index (χ2v) is 8.88. The van der Waals surface area contributed by atoms with Crippen molar-refractivity contribution < 1.29 is 4.79 Å². The lowest BCUT2D eigenvalue weighted by atomic mass is 9.94. The Balaban J connectivity index is 1.82. The van der Waals surface area contributed by atoms with Crippen molar-refractivity contribution >= 4 is 29.3 Å². The zero-order valence-corrected chi connectivity index (χ0v) is 19.5. The SMILES string of the molecule is Cc1ccc(NC(=O)CCSc2nc(N)c(C#N)c(-c3ccc(C(C)C)cc3)c2C#N)nc1. The van der Waals surface area contributed by atoms with Gasteiger partial charge in [0.15, 0.2) is 0 Å². The second kappa shape index (κ2) is 10.6. The number of nitrogen functional groups attached to an aromatic ring is 1. The molecule has 8 heteroatoms. The molecule has 0 bridgehead atoms. The summed E-state index contributed by atoms with van der Waals surface area (Å²) in [5.74, 6) is 1.11. The molecule has 2 aromatic heterocycles. The van der Waals surface area contributed by atoms with Crippen molar-refractivity contribution in [2.75, 3.05) is 16.8 Å². The van der Waals surface area contributed by atoms with E-state index < -0.39 is 0 Å². The summed E-state index contributed by atoms with van der Waals surface area (Å²) in [5, 5.41) is 22.7. The third-order valence-electron chi connectivity index (χ3n) is 5.03. The van der Waals surface area contributed by atoms with Crippen LogP contribution in [0.15, 0.2) is 47.6 Å². The van der Waals surface area contributed by atoms with Crippen LogP contribution in [0.2, 0.25) is 0 Å². The van der Waals surface area contributed by atoms with E-state index in [1.807, 2.05) is 37.3 Å². The Morgan fingerprint density at radius 1 is 1.12 bits per heavy atom. The molecule has 1 amide bonds. The van der Waals surface area contributed by atoms with Gasteiger partial charge < -0.3 is 11.1 Å². The number of nitriles is 2. The molecule has 0 saturated carbocycles. The molecule has 166 valence electrons. The Kier molecular flexibility index (Phi) is 7.66. The van der Waals surface area contributed by atoms with Gasteiger partial charge in [-0.15, -0.1) is 11.8 Å². The largest absolute Gasteiger partial charge is 0.383 e. The van der Waals surface area contributed by atoms with Crippen LogP contribution in [0.5, 0.6) is 0 Å². The number of thioether (sulfide) groups is 1. The molecule has 2 heterocycles. The minimum absolute atomic E-state index is 0.0650. The highest BCUT2D eigenvalue weighted by Gasteiger charge is 2.21. The number of amides is 1. The third kappa shape index (κ3) is 5.68. The number of nitrogens with zero attached hydrogens (tertiary/aromatic N) is 4. The van der Waals surface area contributed by atoms with Crippen molar-refractivity contribution in [3.63, 3.8) is 0 Å². The third-order valence-corrected chi connectivity index (χ3v) is 6.01. The molecule has 0 saturated heterocycles. The molecule has 0 unspecified atom stereocenters. The predicted molar refractivity (Wildman–Crippen MR) is 131 cm³/mol. The van der Waals surface area contributed by atoms with Gasteiger partial charge in [0, 0.05) is 23.9 Å². The van der Waals surface area contributed by atoms with Gasteiger partial charge in [-0.05, 0) is 35.6 Å². The van der Waals surface area contributed by atoms with Crippen LogP contribution in [-0.4, -0.2) is 21.6 Å². The summed E-state index contributed by atoms with van der Waals surface area (Å²) in [6.45, 7) is 6.12. The van der Waals surface area contributed by atoms with Crippen LogP contribution in [0.4, 0.5) is 11.6 Å². The van der Waals surface area contributed by atoms with E-state index in [9.17, 15) is 15.3 Å². The number of anilines is 2. The first kappa shape index (κ1) is 23.8. The summed E-state index contributed by atoms with van der Waals surface area (Å²) in [5.41, 5.74) is 9.89. The summed E-state index contributed by atoms with van der Waals surface area (Å²) >= 11 is 1.26. The number of nitrogens with two attached hydrogens (primary N) is 1. The molecular weight excluding hydrogens is 432 g/mol. The molecule has 0 aliphatic heterocycles. The van der Waals surface area contributed by atoms with Crippen molar-refractivity contribution in [3.8, 4) is 23.3 Å². The van der Waals surface area contributed by atoms with E-state index in [0.29, 0.717) is 28.1 Å². The van der Waals surface area contributed by atoms with Crippen molar-refractivity contribution in [3.05, 3.63) is 64.8 Å². The zero-order chi connectivity index (χ0) is 24.0. The molecule has 3 aromatic rings. The molecule has 3 rings (SSSR count). The fourth-order valence-electron chi connectivity index (χ4n) is 3.21. The van der Waals surface area contributed by atoms with Crippen LogP contribution >= 0.6 is 11.8 Å². The van der Waals surface area contributed by atoms with Crippen molar-refractivity contribution in [1.29, 1.82) is 10.5 Å². The van der Waals surface area contributed by atoms with E-state index in [1.54, 1.807) is 12.3 Å². The van der Waals surface area contributed by atoms with Gasteiger partial charge >= 0.3 is 0 Å². The lowest BCUT2D eigenvalue weighted by molar-refractivity contribution is -0.115. The minimum atomic E-state index is -0.191. The van der Waals surface area contributed by atoms with Gasteiger partial charge in [-0.3, -0.25) is 4.79 Å². The summed E-state index contributed by atoms with van der Waals surface area (Å²) in [6, 6.07) is 15.6.